The van der Waals surface area contributed by atoms with Crippen LogP contribution in [0.2, 0.25) is 0 Å². The highest BCUT2D eigenvalue weighted by Gasteiger charge is 2.43. The van der Waals surface area contributed by atoms with Crippen molar-refractivity contribution < 1.29 is 17.9 Å². The fourth-order valence-corrected chi connectivity index (χ4v) is 5.79. The number of anilines is 1. The molecule has 182 valence electrons. The van der Waals surface area contributed by atoms with Crippen LogP contribution in [0.3, 0.4) is 0 Å². The summed E-state index contributed by atoms with van der Waals surface area (Å²) in [4.78, 5) is 10.8. The second-order valence-corrected chi connectivity index (χ2v) is 10.4. The van der Waals surface area contributed by atoms with Crippen molar-refractivity contribution in [1.82, 2.24) is 14.3 Å². The molecule has 0 aliphatic carbocycles. The summed E-state index contributed by atoms with van der Waals surface area (Å²) in [5.41, 5.74) is 2.57. The van der Waals surface area contributed by atoms with E-state index in [-0.39, 0.29) is 5.60 Å². The quantitative estimate of drug-likeness (QED) is 0.530. The van der Waals surface area contributed by atoms with Crippen molar-refractivity contribution in [2.45, 2.75) is 44.4 Å². The molecule has 5 nitrogen and oxygen atoms in total. The Morgan fingerprint density at radius 2 is 1.91 bits per heavy atom. The van der Waals surface area contributed by atoms with Gasteiger partial charge in [-0.2, -0.15) is 13.2 Å². The molecule has 0 saturated carbocycles. The maximum Gasteiger partial charge on any atom is 0.417 e. The van der Waals surface area contributed by atoms with Gasteiger partial charge in [-0.15, -0.1) is 0 Å². The highest BCUT2D eigenvalue weighted by Crippen LogP contribution is 2.43. The van der Waals surface area contributed by atoms with E-state index in [1.54, 1.807) is 11.9 Å². The number of fused-ring (bicyclic) bond motifs is 1. The molecule has 9 heteroatoms. The Kier molecular flexibility index (Phi) is 6.27. The summed E-state index contributed by atoms with van der Waals surface area (Å²) in [6.45, 7) is 5.66. The molecule has 0 bridgehead atoms. The van der Waals surface area contributed by atoms with Gasteiger partial charge in [-0.05, 0) is 56.2 Å². The molecule has 0 radical (unpaired) electrons. The summed E-state index contributed by atoms with van der Waals surface area (Å²) < 4.78 is 47.3. The molecule has 34 heavy (non-hydrogen) atoms. The molecule has 5 heterocycles. The molecule has 1 saturated heterocycles. The Bertz CT molecular complexity index is 1070. The third-order valence-electron chi connectivity index (χ3n) is 7.35. The Morgan fingerprint density at radius 1 is 1.12 bits per heavy atom. The zero-order chi connectivity index (χ0) is 23.9. The second-order valence-electron chi connectivity index (χ2n) is 9.48. The number of pyridine rings is 2. The lowest BCUT2D eigenvalue weighted by Gasteiger charge is -2.40. The Balaban J connectivity index is 1.22. The number of hydrogen-bond acceptors (Lipinski definition) is 6. The molecule has 5 rings (SSSR count). The summed E-state index contributed by atoms with van der Waals surface area (Å²) in [5, 5.41) is 0. The van der Waals surface area contributed by atoms with Crippen LogP contribution in [0.5, 0.6) is 5.75 Å². The molecular formula is C25H29F3N4OS. The van der Waals surface area contributed by atoms with Gasteiger partial charge in [-0.3, -0.25) is 4.98 Å². The van der Waals surface area contributed by atoms with E-state index < -0.39 is 11.7 Å². The number of ether oxygens (including phenoxy) is 1. The van der Waals surface area contributed by atoms with Gasteiger partial charge >= 0.3 is 6.18 Å². The zero-order valence-corrected chi connectivity index (χ0v) is 20.3. The summed E-state index contributed by atoms with van der Waals surface area (Å²) in [6, 6.07) is 4.78. The van der Waals surface area contributed by atoms with Crippen LogP contribution in [0.1, 0.15) is 43.0 Å². The van der Waals surface area contributed by atoms with Gasteiger partial charge in [-0.1, -0.05) is 18.0 Å². The number of halogens is 3. The Labute approximate surface area is 202 Å². The monoisotopic (exact) mass is 490 g/mol. The van der Waals surface area contributed by atoms with Crippen molar-refractivity contribution in [2.24, 2.45) is 5.92 Å². The van der Waals surface area contributed by atoms with Crippen LogP contribution in [0.4, 0.5) is 19.0 Å². The zero-order valence-electron chi connectivity index (χ0n) is 19.4. The van der Waals surface area contributed by atoms with Gasteiger partial charge in [-0.25, -0.2) is 9.29 Å². The number of rotatable bonds is 4. The van der Waals surface area contributed by atoms with E-state index in [0.29, 0.717) is 11.7 Å². The fraction of sp³-hybridized carbons (Fsp3) is 0.520. The van der Waals surface area contributed by atoms with Crippen LogP contribution >= 0.6 is 11.9 Å². The molecule has 2 aromatic rings. The van der Waals surface area contributed by atoms with Crippen LogP contribution < -0.4 is 9.64 Å². The van der Waals surface area contributed by atoms with Gasteiger partial charge in [0.05, 0.1) is 17.5 Å². The predicted molar refractivity (Wildman–Crippen MR) is 129 cm³/mol. The van der Waals surface area contributed by atoms with Crippen LogP contribution in [0.15, 0.2) is 36.7 Å². The molecule has 3 aliphatic rings. The van der Waals surface area contributed by atoms with Crippen molar-refractivity contribution in [2.75, 3.05) is 37.3 Å². The predicted octanol–water partition coefficient (Wildman–Crippen LogP) is 5.47. The lowest BCUT2D eigenvalue weighted by molar-refractivity contribution is -0.137. The molecule has 1 unspecified atom stereocenters. The van der Waals surface area contributed by atoms with Crippen LogP contribution in [0.25, 0.3) is 5.57 Å². The number of piperidine rings is 1. The Hall–Kier alpha value is -2.26. The summed E-state index contributed by atoms with van der Waals surface area (Å²) in [6.07, 6.45) is 6.48. The van der Waals surface area contributed by atoms with Gasteiger partial charge in [0.1, 0.15) is 17.2 Å². The van der Waals surface area contributed by atoms with Crippen molar-refractivity contribution in [3.8, 4) is 5.75 Å². The van der Waals surface area contributed by atoms with E-state index >= 15 is 0 Å². The number of aromatic nitrogens is 2. The van der Waals surface area contributed by atoms with Crippen LogP contribution in [0, 0.1) is 5.92 Å². The molecule has 0 aromatic carbocycles. The molecule has 2 aromatic heterocycles. The third kappa shape index (κ3) is 4.64. The van der Waals surface area contributed by atoms with Crippen molar-refractivity contribution >= 4 is 23.3 Å². The highest BCUT2D eigenvalue weighted by molar-refractivity contribution is 7.96. The fourth-order valence-electron chi connectivity index (χ4n) is 5.29. The minimum absolute atomic E-state index is 0.293. The molecule has 1 fully saturated rings. The second kappa shape index (κ2) is 9.07. The largest absolute Gasteiger partial charge is 0.485 e. The van der Waals surface area contributed by atoms with Crippen molar-refractivity contribution in [3.63, 3.8) is 0 Å². The van der Waals surface area contributed by atoms with Crippen molar-refractivity contribution in [1.29, 1.82) is 0 Å². The first kappa shape index (κ1) is 23.5. The molecule has 0 amide bonds. The lowest BCUT2D eigenvalue weighted by atomic mass is 9.79. The summed E-state index contributed by atoms with van der Waals surface area (Å²) in [7, 11) is 0. The average molecular weight is 491 g/mol. The van der Waals surface area contributed by atoms with E-state index in [1.807, 2.05) is 6.20 Å². The van der Waals surface area contributed by atoms with Crippen LogP contribution in [-0.2, 0) is 12.6 Å². The van der Waals surface area contributed by atoms with Crippen LogP contribution in [-0.4, -0.2) is 52.3 Å². The highest BCUT2D eigenvalue weighted by atomic mass is 32.2. The lowest BCUT2D eigenvalue weighted by Crippen LogP contribution is -2.46. The van der Waals surface area contributed by atoms with E-state index in [9.17, 15) is 13.2 Å². The van der Waals surface area contributed by atoms with Gasteiger partial charge in [0, 0.05) is 50.3 Å². The first-order chi connectivity index (χ1) is 16.2. The van der Waals surface area contributed by atoms with E-state index in [4.69, 9.17) is 9.72 Å². The summed E-state index contributed by atoms with van der Waals surface area (Å²) >= 11 is 1.77. The standard InChI is InChI=1S/C25H29F3N4OS/c1-24(19-7-9-31(10-8-19)23-4-3-20(15-30-23)25(26,27)28)14-18-13-21(29-16-22(18)33-24)17-5-11-32(34-2)12-6-17/h3-5,13,15-16,19H,6-12,14H2,1-2H3. The first-order valence-corrected chi connectivity index (χ1v) is 12.9. The molecular weight excluding hydrogens is 461 g/mol. The molecule has 3 aliphatic heterocycles. The molecule has 0 spiro atoms. The van der Waals surface area contributed by atoms with E-state index in [1.165, 1.54) is 17.2 Å². The summed E-state index contributed by atoms with van der Waals surface area (Å²) in [5.74, 6) is 1.83. The first-order valence-electron chi connectivity index (χ1n) is 11.7. The minimum Gasteiger partial charge on any atom is -0.485 e. The third-order valence-corrected chi connectivity index (χ3v) is 8.20. The minimum atomic E-state index is -4.36. The van der Waals surface area contributed by atoms with E-state index in [0.717, 1.165) is 75.6 Å². The molecule has 1 atom stereocenters. The number of hydrogen-bond donors (Lipinski definition) is 0. The number of nitrogens with zero attached hydrogens (tertiary/aromatic N) is 4. The van der Waals surface area contributed by atoms with Gasteiger partial charge in [0.2, 0.25) is 0 Å². The topological polar surface area (TPSA) is 41.5 Å². The normalized spacial score (nSPS) is 24.0. The average Bonchev–Trinajstić information content (AvgIpc) is 3.20. The Morgan fingerprint density at radius 3 is 2.53 bits per heavy atom. The maximum atomic E-state index is 12.8. The SMILES string of the molecule is CSN1CC=C(c2cc3c(cn2)OC(C)(C2CCN(c4ccc(C(F)(F)F)cn4)CC2)C3)CC1. The van der Waals surface area contributed by atoms with Gasteiger partial charge in [0.15, 0.2) is 0 Å². The van der Waals surface area contributed by atoms with Crippen molar-refractivity contribution in [3.05, 3.63) is 53.5 Å². The van der Waals surface area contributed by atoms with Gasteiger partial charge < -0.3 is 9.64 Å². The smallest absolute Gasteiger partial charge is 0.417 e. The maximum absolute atomic E-state index is 12.8. The number of alkyl halides is 3. The molecule has 0 N–H and O–H groups in total. The van der Waals surface area contributed by atoms with E-state index in [2.05, 4.69) is 39.5 Å². The van der Waals surface area contributed by atoms with Gasteiger partial charge in [0.25, 0.3) is 0 Å².